The van der Waals surface area contributed by atoms with Crippen LogP contribution in [0.4, 0.5) is 0 Å². The van der Waals surface area contributed by atoms with Crippen LogP contribution in [-0.2, 0) is 11.2 Å². The summed E-state index contributed by atoms with van der Waals surface area (Å²) >= 11 is 0. The highest BCUT2D eigenvalue weighted by Gasteiger charge is 2.29. The number of fused-ring (bicyclic) bond motifs is 1. The molecule has 0 radical (unpaired) electrons. The molecule has 0 saturated carbocycles. The van der Waals surface area contributed by atoms with Crippen molar-refractivity contribution in [2.45, 2.75) is 32.1 Å². The molecule has 2 aliphatic heterocycles. The number of pyridine rings is 1. The monoisotopic (exact) mass is 337 g/mol. The number of rotatable bonds is 3. The zero-order chi connectivity index (χ0) is 17.1. The van der Waals surface area contributed by atoms with Crippen LogP contribution in [0.2, 0.25) is 0 Å². The average Bonchev–Trinajstić information content (AvgIpc) is 2.69. The lowest BCUT2D eigenvalue weighted by molar-refractivity contribution is -0.132. The molecule has 2 fully saturated rings. The Morgan fingerprint density at radius 3 is 2.60 bits per heavy atom. The van der Waals surface area contributed by atoms with Gasteiger partial charge in [-0.25, -0.2) is 0 Å². The Balaban J connectivity index is 1.33. The lowest BCUT2D eigenvalue weighted by Gasteiger charge is -2.37. The summed E-state index contributed by atoms with van der Waals surface area (Å²) in [5.41, 5.74) is 2.01. The fourth-order valence-corrected chi connectivity index (χ4v) is 4.44. The number of benzene rings is 1. The third-order valence-corrected chi connectivity index (χ3v) is 5.95. The van der Waals surface area contributed by atoms with Crippen LogP contribution in [-0.4, -0.2) is 42.0 Å². The molecule has 2 aromatic rings. The minimum atomic E-state index is 0.251. The lowest BCUT2D eigenvalue weighted by Crippen LogP contribution is -2.42. The van der Waals surface area contributed by atoms with Gasteiger partial charge in [-0.1, -0.05) is 18.2 Å². The summed E-state index contributed by atoms with van der Waals surface area (Å²) in [6.45, 7) is 4.18. The van der Waals surface area contributed by atoms with E-state index in [1.807, 2.05) is 24.4 Å². The summed E-state index contributed by atoms with van der Waals surface area (Å²) in [4.78, 5) is 19.2. The van der Waals surface area contributed by atoms with Crippen LogP contribution in [0.25, 0.3) is 10.9 Å². The minimum Gasteiger partial charge on any atom is -0.342 e. The molecule has 1 N–H and O–H groups in total. The molecule has 0 unspecified atom stereocenters. The number of carbonyl (C=O) groups is 1. The molecule has 0 atom stereocenters. The fourth-order valence-electron chi connectivity index (χ4n) is 4.44. The summed E-state index contributed by atoms with van der Waals surface area (Å²) < 4.78 is 0. The van der Waals surface area contributed by atoms with Crippen molar-refractivity contribution in [3.63, 3.8) is 0 Å². The molecule has 4 nitrogen and oxygen atoms in total. The van der Waals surface area contributed by atoms with E-state index in [0.717, 1.165) is 41.4 Å². The normalized spacial score (nSPS) is 20.1. The van der Waals surface area contributed by atoms with E-state index in [1.54, 1.807) is 0 Å². The molecular weight excluding hydrogens is 310 g/mol. The van der Waals surface area contributed by atoms with Crippen molar-refractivity contribution in [1.82, 2.24) is 15.2 Å². The molecule has 1 amide bonds. The van der Waals surface area contributed by atoms with Gasteiger partial charge in [0.1, 0.15) is 0 Å². The molecule has 0 aliphatic carbocycles. The smallest absolute Gasteiger partial charge is 0.227 e. The van der Waals surface area contributed by atoms with E-state index >= 15 is 0 Å². The number of aromatic nitrogens is 1. The topological polar surface area (TPSA) is 45.2 Å². The van der Waals surface area contributed by atoms with Crippen molar-refractivity contribution in [2.24, 2.45) is 11.8 Å². The number of likely N-dealkylation sites (tertiary alicyclic amines) is 1. The van der Waals surface area contributed by atoms with Gasteiger partial charge in [0.05, 0.1) is 11.9 Å². The van der Waals surface area contributed by atoms with Gasteiger partial charge in [-0.15, -0.1) is 0 Å². The number of nitrogens with one attached hydrogen (secondary N) is 1. The van der Waals surface area contributed by atoms with Crippen molar-refractivity contribution >= 4 is 16.8 Å². The number of para-hydroxylation sites is 1. The maximum absolute atomic E-state index is 12.7. The first-order valence-electron chi connectivity index (χ1n) is 9.62. The van der Waals surface area contributed by atoms with Crippen LogP contribution < -0.4 is 5.32 Å². The van der Waals surface area contributed by atoms with Crippen LogP contribution in [0, 0.1) is 11.8 Å². The third kappa shape index (κ3) is 3.84. The molecule has 25 heavy (non-hydrogen) atoms. The second-order valence-corrected chi connectivity index (χ2v) is 7.52. The van der Waals surface area contributed by atoms with E-state index < -0.39 is 0 Å². The molecule has 132 valence electrons. The van der Waals surface area contributed by atoms with Gasteiger partial charge in [-0.05, 0) is 68.3 Å². The van der Waals surface area contributed by atoms with E-state index in [0.29, 0.717) is 6.42 Å². The van der Waals surface area contributed by atoms with Gasteiger partial charge in [-0.3, -0.25) is 9.78 Å². The number of piperidine rings is 2. The van der Waals surface area contributed by atoms with Gasteiger partial charge in [0.2, 0.25) is 5.91 Å². The SMILES string of the molecule is O=C(Cc1cnc2ccccc2c1)N1CCC(C2CCNCC2)CC1. The predicted molar refractivity (Wildman–Crippen MR) is 100 cm³/mol. The Morgan fingerprint density at radius 2 is 1.80 bits per heavy atom. The molecule has 4 rings (SSSR count). The van der Waals surface area contributed by atoms with Gasteiger partial charge in [-0.2, -0.15) is 0 Å². The number of carbonyl (C=O) groups excluding carboxylic acids is 1. The van der Waals surface area contributed by atoms with Gasteiger partial charge in [0.25, 0.3) is 0 Å². The largest absolute Gasteiger partial charge is 0.342 e. The van der Waals surface area contributed by atoms with E-state index in [4.69, 9.17) is 0 Å². The van der Waals surface area contributed by atoms with E-state index in [1.165, 1.54) is 38.8 Å². The van der Waals surface area contributed by atoms with Gasteiger partial charge in [0, 0.05) is 24.7 Å². The number of hydrogen-bond donors (Lipinski definition) is 1. The Labute approximate surface area is 149 Å². The fraction of sp³-hybridized carbons (Fsp3) is 0.524. The number of amides is 1. The molecule has 3 heterocycles. The Hall–Kier alpha value is -1.94. The average molecular weight is 337 g/mol. The highest BCUT2D eigenvalue weighted by Crippen LogP contribution is 2.31. The second kappa shape index (κ2) is 7.52. The molecule has 0 spiro atoms. The zero-order valence-electron chi connectivity index (χ0n) is 14.8. The van der Waals surface area contributed by atoms with E-state index in [-0.39, 0.29) is 5.91 Å². The maximum Gasteiger partial charge on any atom is 0.227 e. The Kier molecular flexibility index (Phi) is 4.97. The van der Waals surface area contributed by atoms with E-state index in [2.05, 4.69) is 27.3 Å². The summed E-state index contributed by atoms with van der Waals surface area (Å²) in [7, 11) is 0. The van der Waals surface area contributed by atoms with Gasteiger partial charge in [0.15, 0.2) is 0 Å². The van der Waals surface area contributed by atoms with Crippen LogP contribution in [0.5, 0.6) is 0 Å². The summed E-state index contributed by atoms with van der Waals surface area (Å²) in [6.07, 6.45) is 7.28. The van der Waals surface area contributed by atoms with Crippen LogP contribution in [0.1, 0.15) is 31.2 Å². The predicted octanol–water partition coefficient (Wildman–Crippen LogP) is 3.02. The van der Waals surface area contributed by atoms with Crippen molar-refractivity contribution in [2.75, 3.05) is 26.2 Å². The third-order valence-electron chi connectivity index (χ3n) is 5.95. The molecule has 1 aromatic carbocycles. The highest BCUT2D eigenvalue weighted by atomic mass is 16.2. The van der Waals surface area contributed by atoms with Crippen molar-refractivity contribution in [3.05, 3.63) is 42.1 Å². The van der Waals surface area contributed by atoms with E-state index in [9.17, 15) is 4.79 Å². The maximum atomic E-state index is 12.7. The highest BCUT2D eigenvalue weighted by molar-refractivity contribution is 5.82. The Morgan fingerprint density at radius 1 is 1.08 bits per heavy atom. The van der Waals surface area contributed by atoms with Gasteiger partial charge >= 0.3 is 0 Å². The summed E-state index contributed by atoms with van der Waals surface area (Å²) in [5, 5.41) is 4.56. The molecule has 4 heteroatoms. The van der Waals surface area contributed by atoms with Crippen LogP contribution in [0.15, 0.2) is 36.5 Å². The standard InChI is InChI=1S/C21H27N3O/c25-21(14-16-13-19-3-1-2-4-20(19)23-15-16)24-11-7-18(8-12-24)17-5-9-22-10-6-17/h1-4,13,15,17-18,22H,5-12,14H2. The lowest BCUT2D eigenvalue weighted by atomic mass is 9.79. The molecule has 2 aliphatic rings. The van der Waals surface area contributed by atoms with Crippen molar-refractivity contribution in [1.29, 1.82) is 0 Å². The molecule has 0 bridgehead atoms. The molecular formula is C21H27N3O. The van der Waals surface area contributed by atoms with Crippen molar-refractivity contribution < 1.29 is 4.79 Å². The first kappa shape index (κ1) is 16.5. The summed E-state index contributed by atoms with van der Waals surface area (Å²) in [6, 6.07) is 10.2. The summed E-state index contributed by atoms with van der Waals surface area (Å²) in [5.74, 6) is 1.93. The second-order valence-electron chi connectivity index (χ2n) is 7.52. The van der Waals surface area contributed by atoms with Crippen LogP contribution in [0.3, 0.4) is 0 Å². The Bertz CT molecular complexity index is 731. The van der Waals surface area contributed by atoms with Crippen molar-refractivity contribution in [3.8, 4) is 0 Å². The van der Waals surface area contributed by atoms with Gasteiger partial charge < -0.3 is 10.2 Å². The zero-order valence-corrected chi connectivity index (χ0v) is 14.8. The minimum absolute atomic E-state index is 0.251. The molecule has 2 saturated heterocycles. The number of hydrogen-bond acceptors (Lipinski definition) is 3. The quantitative estimate of drug-likeness (QED) is 0.936. The van der Waals surface area contributed by atoms with Crippen LogP contribution >= 0.6 is 0 Å². The first-order valence-corrected chi connectivity index (χ1v) is 9.62. The first-order chi connectivity index (χ1) is 12.3. The number of nitrogens with zero attached hydrogens (tertiary/aromatic N) is 2. The molecule has 1 aromatic heterocycles.